The van der Waals surface area contributed by atoms with Crippen LogP contribution in [0.5, 0.6) is 0 Å². The quantitative estimate of drug-likeness (QED) is 0.803. The second kappa shape index (κ2) is 3.68. The van der Waals surface area contributed by atoms with Gasteiger partial charge in [-0.05, 0) is 12.1 Å². The molecule has 0 aliphatic heterocycles. The molecule has 0 bridgehead atoms. The molecule has 86 valence electrons. The lowest BCUT2D eigenvalue weighted by Gasteiger charge is -2.14. The molecule has 0 aliphatic carbocycles. The molecule has 6 heteroatoms. The van der Waals surface area contributed by atoms with E-state index < -0.39 is 26.1 Å². The van der Waals surface area contributed by atoms with Crippen molar-refractivity contribution in [1.82, 2.24) is 0 Å². The Kier molecular flexibility index (Phi) is 3.02. The summed E-state index contributed by atoms with van der Waals surface area (Å²) >= 11 is 0. The molecule has 15 heavy (non-hydrogen) atoms. The number of aliphatic hydroxyl groups excluding tert-OH is 1. The molecule has 0 aliphatic rings. The highest BCUT2D eigenvalue weighted by Crippen LogP contribution is 2.32. The van der Waals surface area contributed by atoms with Crippen LogP contribution in [-0.4, -0.2) is 19.4 Å². The van der Waals surface area contributed by atoms with E-state index in [1.165, 1.54) is 12.1 Å². The second-order valence-corrected chi connectivity index (χ2v) is 9.39. The first-order chi connectivity index (χ1) is 6.62. The summed E-state index contributed by atoms with van der Waals surface area (Å²) in [4.78, 5) is 0. The minimum atomic E-state index is -4.67. The first-order valence-electron chi connectivity index (χ1n) is 4.47. The molecule has 1 rings (SSSR count). The zero-order valence-corrected chi connectivity index (χ0v) is 9.72. The maximum absolute atomic E-state index is 12.1. The first-order valence-corrected chi connectivity index (χ1v) is 7.97. The van der Waals surface area contributed by atoms with E-state index in [9.17, 15) is 13.2 Å². The summed E-state index contributed by atoms with van der Waals surface area (Å²) < 4.78 is 41.5. The Morgan fingerprint density at radius 3 is 2.13 bits per heavy atom. The van der Waals surface area contributed by atoms with Crippen molar-refractivity contribution in [2.75, 3.05) is 0 Å². The summed E-state index contributed by atoms with van der Waals surface area (Å²) in [5.74, 6) is -0.431. The van der Waals surface area contributed by atoms with Gasteiger partial charge in [0.1, 0.15) is 13.8 Å². The molecule has 1 aromatic rings. The molecule has 0 aromatic carbocycles. The summed E-state index contributed by atoms with van der Waals surface area (Å²) in [6, 6.07) is 2.70. The number of aliphatic hydroxyl groups is 1. The molecule has 2 nitrogen and oxygen atoms in total. The molecule has 0 saturated carbocycles. The van der Waals surface area contributed by atoms with Crippen molar-refractivity contribution >= 4 is 13.5 Å². The maximum Gasteiger partial charge on any atom is 0.421 e. The van der Waals surface area contributed by atoms with Gasteiger partial charge in [-0.25, -0.2) is 0 Å². The third-order valence-electron chi connectivity index (χ3n) is 1.95. The molecule has 1 aromatic heterocycles. The van der Waals surface area contributed by atoms with Crippen LogP contribution in [0, 0.1) is 0 Å². The van der Waals surface area contributed by atoms with E-state index in [0.717, 1.165) is 0 Å². The standard InChI is InChI=1S/C9H13F3O2Si/c1-15(2,3)7-5-4-6(14-7)8(13)9(10,11)12/h4-5,8,13H,1-3H3/t8-/m0/s1. The Balaban J connectivity index is 2.95. The van der Waals surface area contributed by atoms with Gasteiger partial charge in [-0.1, -0.05) is 19.6 Å². The number of halogens is 3. The fourth-order valence-corrected chi connectivity index (χ4v) is 2.07. The lowest BCUT2D eigenvalue weighted by Crippen LogP contribution is -2.36. The summed E-state index contributed by atoms with van der Waals surface area (Å²) in [5, 5.41) is 9.49. The number of hydrogen-bond donors (Lipinski definition) is 1. The van der Waals surface area contributed by atoms with Gasteiger partial charge in [0.25, 0.3) is 0 Å². The van der Waals surface area contributed by atoms with Crippen LogP contribution in [-0.2, 0) is 0 Å². The largest absolute Gasteiger partial charge is 0.468 e. The van der Waals surface area contributed by atoms with Gasteiger partial charge in [-0.15, -0.1) is 0 Å². The Labute approximate surface area is 86.7 Å². The van der Waals surface area contributed by atoms with Crippen molar-refractivity contribution in [3.05, 3.63) is 17.9 Å². The molecule has 1 N–H and O–H groups in total. The van der Waals surface area contributed by atoms with E-state index in [4.69, 9.17) is 9.52 Å². The third kappa shape index (κ3) is 2.85. The molecular formula is C9H13F3O2Si. The minimum Gasteiger partial charge on any atom is -0.468 e. The van der Waals surface area contributed by atoms with Crippen molar-refractivity contribution < 1.29 is 22.7 Å². The predicted octanol–water partition coefficient (Wildman–Crippen LogP) is 2.42. The van der Waals surface area contributed by atoms with Gasteiger partial charge < -0.3 is 9.52 Å². The van der Waals surface area contributed by atoms with E-state index in [0.29, 0.717) is 5.38 Å². The van der Waals surface area contributed by atoms with Crippen molar-refractivity contribution in [2.45, 2.75) is 31.9 Å². The van der Waals surface area contributed by atoms with Gasteiger partial charge in [0.2, 0.25) is 6.10 Å². The molecule has 0 spiro atoms. The molecular weight excluding hydrogens is 225 g/mol. The van der Waals surface area contributed by atoms with Gasteiger partial charge in [0.05, 0.1) is 5.38 Å². The molecule has 0 fully saturated rings. The van der Waals surface area contributed by atoms with Gasteiger partial charge >= 0.3 is 6.18 Å². The van der Waals surface area contributed by atoms with Crippen LogP contribution in [0.4, 0.5) is 13.2 Å². The SMILES string of the molecule is C[Si](C)(C)c1ccc([C@H](O)C(F)(F)F)o1. The van der Waals surface area contributed by atoms with Crippen molar-refractivity contribution in [2.24, 2.45) is 0 Å². The van der Waals surface area contributed by atoms with Crippen molar-refractivity contribution in [3.63, 3.8) is 0 Å². The number of hydrogen-bond acceptors (Lipinski definition) is 2. The van der Waals surface area contributed by atoms with Crippen LogP contribution >= 0.6 is 0 Å². The fourth-order valence-electron chi connectivity index (χ4n) is 1.06. The van der Waals surface area contributed by atoms with Gasteiger partial charge in [-0.2, -0.15) is 13.2 Å². The predicted molar refractivity (Wildman–Crippen MR) is 52.7 cm³/mol. The lowest BCUT2D eigenvalue weighted by atomic mass is 10.3. The smallest absolute Gasteiger partial charge is 0.421 e. The molecule has 0 amide bonds. The highest BCUT2D eigenvalue weighted by molar-refractivity contribution is 6.87. The lowest BCUT2D eigenvalue weighted by molar-refractivity contribution is -0.211. The normalized spacial score (nSPS) is 15.4. The van der Waals surface area contributed by atoms with E-state index >= 15 is 0 Å². The van der Waals surface area contributed by atoms with E-state index in [2.05, 4.69) is 0 Å². The van der Waals surface area contributed by atoms with E-state index in [1.807, 2.05) is 19.6 Å². The zero-order valence-electron chi connectivity index (χ0n) is 8.72. The zero-order chi connectivity index (χ0) is 11.9. The molecule has 1 heterocycles. The van der Waals surface area contributed by atoms with Crippen LogP contribution in [0.25, 0.3) is 0 Å². The Bertz CT molecular complexity index is 338. The van der Waals surface area contributed by atoms with Crippen molar-refractivity contribution in [3.8, 4) is 0 Å². The topological polar surface area (TPSA) is 33.4 Å². The van der Waals surface area contributed by atoms with E-state index in [-0.39, 0.29) is 0 Å². The Morgan fingerprint density at radius 1 is 1.27 bits per heavy atom. The van der Waals surface area contributed by atoms with Crippen LogP contribution in [0.1, 0.15) is 11.9 Å². The van der Waals surface area contributed by atoms with E-state index in [1.54, 1.807) is 0 Å². The third-order valence-corrected chi connectivity index (χ3v) is 3.69. The summed E-state index contributed by atoms with van der Waals surface area (Å²) in [6.07, 6.45) is -7.20. The number of rotatable bonds is 2. The average molecular weight is 238 g/mol. The van der Waals surface area contributed by atoms with Crippen LogP contribution in [0.15, 0.2) is 16.5 Å². The number of furan rings is 1. The van der Waals surface area contributed by atoms with Gasteiger partial charge in [-0.3, -0.25) is 0 Å². The molecule has 0 saturated heterocycles. The minimum absolute atomic E-state index is 0.431. The molecule has 0 unspecified atom stereocenters. The summed E-state index contributed by atoms with van der Waals surface area (Å²) in [6.45, 7) is 5.86. The fraction of sp³-hybridized carbons (Fsp3) is 0.556. The monoisotopic (exact) mass is 238 g/mol. The Morgan fingerprint density at radius 2 is 1.80 bits per heavy atom. The summed E-state index contributed by atoms with van der Waals surface area (Å²) in [5.41, 5.74) is 0. The summed E-state index contributed by atoms with van der Waals surface area (Å²) in [7, 11) is -1.76. The van der Waals surface area contributed by atoms with Gasteiger partial charge in [0.15, 0.2) is 0 Å². The molecule has 1 atom stereocenters. The second-order valence-electron chi connectivity index (χ2n) is 4.40. The van der Waals surface area contributed by atoms with Crippen LogP contribution in [0.2, 0.25) is 19.6 Å². The van der Waals surface area contributed by atoms with Gasteiger partial charge in [0, 0.05) is 0 Å². The van der Waals surface area contributed by atoms with Crippen LogP contribution < -0.4 is 5.38 Å². The Hall–Kier alpha value is -0.753. The van der Waals surface area contributed by atoms with Crippen molar-refractivity contribution in [1.29, 1.82) is 0 Å². The maximum atomic E-state index is 12.1. The molecule has 0 radical (unpaired) electrons. The highest BCUT2D eigenvalue weighted by atomic mass is 28.3. The number of alkyl halides is 3. The highest BCUT2D eigenvalue weighted by Gasteiger charge is 2.41. The average Bonchev–Trinajstić information content (AvgIpc) is 2.47. The van der Waals surface area contributed by atoms with Crippen LogP contribution in [0.3, 0.4) is 0 Å². The first kappa shape index (κ1) is 12.3.